The summed E-state index contributed by atoms with van der Waals surface area (Å²) < 4.78 is 33.4. The zero-order valence-corrected chi connectivity index (χ0v) is 41.1. The predicted molar refractivity (Wildman–Crippen MR) is 269 cm³/mol. The first-order valence-electron chi connectivity index (χ1n) is 24.9. The van der Waals surface area contributed by atoms with Crippen molar-refractivity contribution in [3.63, 3.8) is 0 Å². The Morgan fingerprint density at radius 2 is 0.891 bits per heavy atom. The van der Waals surface area contributed by atoms with E-state index in [0.717, 1.165) is 89.9 Å². The smallest absolute Gasteiger partial charge is 0.457 e. The highest BCUT2D eigenvalue weighted by Crippen LogP contribution is 2.43. The zero-order chi connectivity index (χ0) is 46.7. The number of phosphoric ester groups is 1. The summed E-state index contributed by atoms with van der Waals surface area (Å²) in [5.74, 6) is -0.413. The number of esters is 1. The van der Waals surface area contributed by atoms with Crippen molar-refractivity contribution in [2.45, 2.75) is 193 Å². The van der Waals surface area contributed by atoms with Gasteiger partial charge in [0, 0.05) is 13.0 Å². The highest BCUT2D eigenvalue weighted by atomic mass is 31.2. The molecular formula is C54H91O9P. The first-order valence-corrected chi connectivity index (χ1v) is 26.4. The Hall–Kier alpha value is -2.88. The van der Waals surface area contributed by atoms with Gasteiger partial charge in [0.1, 0.15) is 12.2 Å². The van der Waals surface area contributed by atoms with Crippen LogP contribution in [0.5, 0.6) is 0 Å². The number of allylic oxidation sites excluding steroid dienone is 18. The average Bonchev–Trinajstić information content (AvgIpc) is 3.29. The van der Waals surface area contributed by atoms with Crippen LogP contribution >= 0.6 is 7.82 Å². The lowest BCUT2D eigenvalue weighted by atomic mass is 10.1. The molecule has 3 atom stereocenters. The number of hydrogen-bond acceptors (Lipinski definition) is 8. The molecule has 0 aliphatic carbocycles. The zero-order valence-electron chi connectivity index (χ0n) is 40.2. The minimum atomic E-state index is -4.55. The third kappa shape index (κ3) is 48.6. The number of carbonyl (C=O) groups is 1. The van der Waals surface area contributed by atoms with E-state index in [4.69, 9.17) is 23.6 Å². The van der Waals surface area contributed by atoms with Crippen LogP contribution in [0.25, 0.3) is 0 Å². The third-order valence-corrected chi connectivity index (χ3v) is 10.9. The number of rotatable bonds is 46. The Morgan fingerprint density at radius 1 is 0.500 bits per heavy atom. The monoisotopic (exact) mass is 915 g/mol. The number of unbranched alkanes of at least 4 members (excludes halogenated alkanes) is 14. The topological polar surface area (TPSA) is 132 Å². The highest BCUT2D eigenvalue weighted by molar-refractivity contribution is 7.47. The molecule has 0 amide bonds. The van der Waals surface area contributed by atoms with E-state index in [1.807, 2.05) is 0 Å². The fourth-order valence-corrected chi connectivity index (χ4v) is 6.99. The Morgan fingerprint density at radius 3 is 1.34 bits per heavy atom. The molecule has 10 heteroatoms. The Bertz CT molecular complexity index is 1360. The molecule has 0 spiro atoms. The quantitative estimate of drug-likeness (QED) is 0.0236. The number of carbonyl (C=O) groups excluding carboxylic acids is 1. The predicted octanol–water partition coefficient (Wildman–Crippen LogP) is 14.6. The van der Waals surface area contributed by atoms with Gasteiger partial charge in [0.25, 0.3) is 0 Å². The van der Waals surface area contributed by atoms with Gasteiger partial charge in [-0.05, 0) is 96.3 Å². The van der Waals surface area contributed by atoms with E-state index in [2.05, 4.69) is 123 Å². The van der Waals surface area contributed by atoms with Gasteiger partial charge in [-0.3, -0.25) is 13.8 Å². The highest BCUT2D eigenvalue weighted by Gasteiger charge is 2.26. The number of ether oxygens (including phenoxy) is 2. The van der Waals surface area contributed by atoms with E-state index in [-0.39, 0.29) is 13.0 Å². The van der Waals surface area contributed by atoms with Gasteiger partial charge in [0.2, 0.25) is 0 Å². The molecule has 3 N–H and O–H groups in total. The van der Waals surface area contributed by atoms with Crippen molar-refractivity contribution in [3.8, 4) is 0 Å². The van der Waals surface area contributed by atoms with Crippen LogP contribution in [0.15, 0.2) is 109 Å². The molecule has 0 radical (unpaired) electrons. The van der Waals surface area contributed by atoms with Gasteiger partial charge in [-0.2, -0.15) is 0 Å². The molecule has 0 saturated carbocycles. The van der Waals surface area contributed by atoms with E-state index in [9.17, 15) is 19.4 Å². The molecule has 9 nitrogen and oxygen atoms in total. The van der Waals surface area contributed by atoms with E-state index in [1.165, 1.54) is 64.2 Å². The molecule has 0 bridgehead atoms. The second-order valence-electron chi connectivity index (χ2n) is 16.1. The van der Waals surface area contributed by atoms with Crippen molar-refractivity contribution in [2.75, 3.05) is 33.0 Å². The standard InChI is InChI=1S/C54H91O9P/c1-3-5-7-9-11-13-15-17-19-21-23-25-26-27-28-30-32-34-36-38-40-42-44-46-54(57)63-53(51-62-64(58,59)61-49-52(56)48-55)50-60-47-45-43-41-39-37-35-33-31-29-24-22-20-18-16-14-12-10-8-6-4-2/h6,8,12,14-15,17-18,20-21,23-24,26-27,29,33,35,39,41,52-53,55-56H,3-5,7,9-11,13,16,19,22,25,28,30-32,34,36-38,40,42-51H2,1-2H3,(H,58,59)/b8-6-,14-12-,17-15-,20-18-,23-21-,27-26-,29-24-,35-33-,41-39-. The van der Waals surface area contributed by atoms with E-state index < -0.39 is 45.8 Å². The van der Waals surface area contributed by atoms with Crippen LogP contribution in [0.4, 0.5) is 0 Å². The Labute approximate surface area is 390 Å². The van der Waals surface area contributed by atoms with Gasteiger partial charge >= 0.3 is 13.8 Å². The van der Waals surface area contributed by atoms with Crippen LogP contribution in [0, 0.1) is 0 Å². The molecule has 0 aromatic carbocycles. The van der Waals surface area contributed by atoms with Crippen molar-refractivity contribution in [3.05, 3.63) is 109 Å². The van der Waals surface area contributed by atoms with Crippen molar-refractivity contribution in [2.24, 2.45) is 0 Å². The molecule has 64 heavy (non-hydrogen) atoms. The second kappa shape index (κ2) is 49.6. The fraction of sp³-hybridized carbons (Fsp3) is 0.648. The van der Waals surface area contributed by atoms with E-state index in [1.54, 1.807) is 0 Å². The van der Waals surface area contributed by atoms with Gasteiger partial charge < -0.3 is 24.6 Å². The Balaban J connectivity index is 4.24. The molecule has 0 rings (SSSR count). The first kappa shape index (κ1) is 61.1. The van der Waals surface area contributed by atoms with Gasteiger partial charge in [-0.15, -0.1) is 0 Å². The van der Waals surface area contributed by atoms with Crippen LogP contribution in [0.1, 0.15) is 181 Å². The van der Waals surface area contributed by atoms with E-state index >= 15 is 0 Å². The number of aliphatic hydroxyl groups excluding tert-OH is 2. The molecule has 3 unspecified atom stereocenters. The SMILES string of the molecule is CC/C=C\C/C=C\C/C=C\C/C=C\C/C=C\C/C=C\CCCOCC(COP(=O)(O)OCC(O)CO)OC(=O)CCCCCCCCCC/C=C\C/C=C\C/C=C\CCCCCCC. The lowest BCUT2D eigenvalue weighted by Gasteiger charge is -2.20. The summed E-state index contributed by atoms with van der Waals surface area (Å²) in [5.41, 5.74) is 0. The second-order valence-corrected chi connectivity index (χ2v) is 17.5. The maximum Gasteiger partial charge on any atom is 0.472 e. The number of aliphatic hydroxyl groups is 2. The molecule has 0 fully saturated rings. The van der Waals surface area contributed by atoms with Gasteiger partial charge in [-0.1, -0.05) is 187 Å². The lowest BCUT2D eigenvalue weighted by molar-refractivity contribution is -0.154. The van der Waals surface area contributed by atoms with Crippen LogP contribution in [-0.2, 0) is 27.9 Å². The molecule has 0 saturated heterocycles. The van der Waals surface area contributed by atoms with Crippen molar-refractivity contribution in [1.82, 2.24) is 0 Å². The van der Waals surface area contributed by atoms with Gasteiger partial charge in [0.15, 0.2) is 0 Å². The normalized spacial score (nSPS) is 14.8. The fourth-order valence-electron chi connectivity index (χ4n) is 6.20. The number of hydrogen-bond donors (Lipinski definition) is 3. The molecular weight excluding hydrogens is 824 g/mol. The molecule has 0 aliphatic rings. The summed E-state index contributed by atoms with van der Waals surface area (Å²) >= 11 is 0. The average molecular weight is 915 g/mol. The lowest BCUT2D eigenvalue weighted by Crippen LogP contribution is -2.29. The van der Waals surface area contributed by atoms with Crippen molar-refractivity contribution < 1.29 is 43.0 Å². The summed E-state index contributed by atoms with van der Waals surface area (Å²) in [6.07, 6.45) is 64.9. The minimum Gasteiger partial charge on any atom is -0.457 e. The van der Waals surface area contributed by atoms with Gasteiger partial charge in [0.05, 0.1) is 26.4 Å². The van der Waals surface area contributed by atoms with E-state index in [0.29, 0.717) is 13.0 Å². The van der Waals surface area contributed by atoms with Crippen molar-refractivity contribution >= 4 is 13.8 Å². The van der Waals surface area contributed by atoms with Gasteiger partial charge in [-0.25, -0.2) is 4.57 Å². The van der Waals surface area contributed by atoms with Crippen LogP contribution in [-0.4, -0.2) is 66.3 Å². The maximum atomic E-state index is 12.7. The molecule has 0 aromatic rings. The third-order valence-electron chi connectivity index (χ3n) is 9.94. The summed E-state index contributed by atoms with van der Waals surface area (Å²) in [5, 5.41) is 18.4. The van der Waals surface area contributed by atoms with Crippen LogP contribution in [0.2, 0.25) is 0 Å². The molecule has 0 aliphatic heterocycles. The first-order chi connectivity index (χ1) is 31.3. The maximum absolute atomic E-state index is 12.7. The largest absolute Gasteiger partial charge is 0.472 e. The molecule has 0 aromatic heterocycles. The van der Waals surface area contributed by atoms with Crippen LogP contribution in [0.3, 0.4) is 0 Å². The summed E-state index contributed by atoms with van der Waals surface area (Å²) in [6.45, 7) is 3.21. The summed E-state index contributed by atoms with van der Waals surface area (Å²) in [7, 11) is -4.55. The summed E-state index contributed by atoms with van der Waals surface area (Å²) in [4.78, 5) is 22.7. The molecule has 0 heterocycles. The number of phosphoric acid groups is 1. The van der Waals surface area contributed by atoms with Crippen molar-refractivity contribution in [1.29, 1.82) is 0 Å². The van der Waals surface area contributed by atoms with Crippen LogP contribution < -0.4 is 0 Å². The summed E-state index contributed by atoms with van der Waals surface area (Å²) in [6, 6.07) is 0. The molecule has 366 valence electrons. The Kier molecular flexibility index (Phi) is 47.3. The minimum absolute atomic E-state index is 0.00118.